The molecule has 37 heavy (non-hydrogen) atoms. The molecule has 0 radical (unpaired) electrons. The highest BCUT2D eigenvalue weighted by molar-refractivity contribution is 6.12. The molecule has 0 saturated carbocycles. The summed E-state index contributed by atoms with van der Waals surface area (Å²) in [4.78, 5) is 14.3. The monoisotopic (exact) mass is 510 g/mol. The first kappa shape index (κ1) is 30.0. The van der Waals surface area contributed by atoms with Gasteiger partial charge in [-0.3, -0.25) is 5.41 Å². The van der Waals surface area contributed by atoms with Gasteiger partial charge in [-0.25, -0.2) is 4.79 Å². The normalized spacial score (nSPS) is 12.4. The number of urea groups is 1. The van der Waals surface area contributed by atoms with Gasteiger partial charge in [-0.05, 0) is 68.4 Å². The summed E-state index contributed by atoms with van der Waals surface area (Å²) in [7, 11) is 4.79. The molecule has 7 nitrogen and oxygen atoms in total. The summed E-state index contributed by atoms with van der Waals surface area (Å²) >= 11 is 0. The van der Waals surface area contributed by atoms with E-state index in [1.54, 1.807) is 21.3 Å². The lowest BCUT2D eigenvalue weighted by molar-refractivity contribution is 0.240. The molecule has 2 amide bonds. The van der Waals surface area contributed by atoms with Crippen molar-refractivity contribution in [3.8, 4) is 11.5 Å². The van der Waals surface area contributed by atoms with Crippen molar-refractivity contribution < 1.29 is 14.3 Å². The fourth-order valence-corrected chi connectivity index (χ4v) is 4.47. The maximum Gasteiger partial charge on any atom is 0.314 e. The number of hydrogen-bond acceptors (Lipinski definition) is 5. The van der Waals surface area contributed by atoms with E-state index in [1.807, 2.05) is 31.2 Å². The molecular formula is C30H46N4O3. The van der Waals surface area contributed by atoms with E-state index < -0.39 is 0 Å². The third-order valence-electron chi connectivity index (χ3n) is 6.85. The second kappa shape index (κ2) is 15.1. The Morgan fingerprint density at radius 2 is 1.68 bits per heavy atom. The van der Waals surface area contributed by atoms with Crippen LogP contribution < -0.4 is 25.0 Å². The van der Waals surface area contributed by atoms with Crippen LogP contribution in [0.2, 0.25) is 0 Å². The van der Waals surface area contributed by atoms with Gasteiger partial charge in [0.05, 0.1) is 19.9 Å². The average molecular weight is 511 g/mol. The highest BCUT2D eigenvalue weighted by atomic mass is 16.5. The van der Waals surface area contributed by atoms with E-state index in [4.69, 9.17) is 14.9 Å². The summed E-state index contributed by atoms with van der Waals surface area (Å²) in [5.74, 6) is 1.94. The third-order valence-corrected chi connectivity index (χ3v) is 6.85. The lowest BCUT2D eigenvalue weighted by Crippen LogP contribution is -2.40. The minimum absolute atomic E-state index is 0.134. The molecule has 0 aliphatic heterocycles. The van der Waals surface area contributed by atoms with Gasteiger partial charge < -0.3 is 25.0 Å². The maximum atomic E-state index is 11.8. The van der Waals surface area contributed by atoms with Gasteiger partial charge in [0.15, 0.2) is 11.5 Å². The van der Waals surface area contributed by atoms with Crippen LogP contribution in [0.4, 0.5) is 10.5 Å². The van der Waals surface area contributed by atoms with Crippen LogP contribution in [0.5, 0.6) is 11.5 Å². The van der Waals surface area contributed by atoms with Crippen molar-refractivity contribution in [1.82, 2.24) is 10.6 Å². The first-order valence-corrected chi connectivity index (χ1v) is 13.4. The van der Waals surface area contributed by atoms with E-state index in [9.17, 15) is 4.79 Å². The fraction of sp³-hybridized carbons (Fsp3) is 0.533. The van der Waals surface area contributed by atoms with E-state index >= 15 is 0 Å². The molecule has 204 valence electrons. The smallest absolute Gasteiger partial charge is 0.314 e. The predicted octanol–water partition coefficient (Wildman–Crippen LogP) is 6.02. The Bertz CT molecular complexity index is 1010. The lowest BCUT2D eigenvalue weighted by atomic mass is 9.93. The summed E-state index contributed by atoms with van der Waals surface area (Å²) in [6.07, 6.45) is 5.30. The van der Waals surface area contributed by atoms with Crippen molar-refractivity contribution >= 4 is 17.4 Å². The van der Waals surface area contributed by atoms with Crippen LogP contribution in [0, 0.1) is 11.3 Å². The number of benzene rings is 2. The molecule has 0 bridgehead atoms. The maximum absolute atomic E-state index is 11.8. The largest absolute Gasteiger partial charge is 0.493 e. The first-order valence-electron chi connectivity index (χ1n) is 13.4. The molecule has 3 N–H and O–H groups in total. The van der Waals surface area contributed by atoms with E-state index in [-0.39, 0.29) is 12.1 Å². The van der Waals surface area contributed by atoms with Crippen molar-refractivity contribution in [1.29, 1.82) is 5.41 Å². The van der Waals surface area contributed by atoms with E-state index in [0.717, 1.165) is 42.1 Å². The van der Waals surface area contributed by atoms with Gasteiger partial charge in [0.2, 0.25) is 0 Å². The molecular weight excluding hydrogens is 464 g/mol. The predicted molar refractivity (Wildman–Crippen MR) is 154 cm³/mol. The van der Waals surface area contributed by atoms with Crippen LogP contribution in [0.1, 0.15) is 70.1 Å². The van der Waals surface area contributed by atoms with Crippen molar-refractivity contribution in [2.45, 2.75) is 65.8 Å². The topological polar surface area (TPSA) is 86.7 Å². The number of methoxy groups -OCH3 is 2. The Labute approximate surface area is 223 Å². The summed E-state index contributed by atoms with van der Waals surface area (Å²) < 4.78 is 11.1. The number of carbonyl (C=O) groups is 1. The van der Waals surface area contributed by atoms with Gasteiger partial charge in [-0.1, -0.05) is 39.3 Å². The molecule has 0 saturated heterocycles. The first-order chi connectivity index (χ1) is 17.8. The zero-order valence-corrected chi connectivity index (χ0v) is 23.7. The number of carbonyl (C=O) groups excluding carboxylic acids is 1. The van der Waals surface area contributed by atoms with Gasteiger partial charge >= 0.3 is 6.03 Å². The summed E-state index contributed by atoms with van der Waals surface area (Å²) in [5.41, 5.74) is 4.11. The molecule has 0 aliphatic rings. The molecule has 0 fully saturated rings. The standard InChI is InChI=1S/C30H46N4O3/c1-8-16-34(17-10-11-21(3)9-2)25-14-12-23(13-15-25)29(31)26-20-28(37-7)27(36-6)19-24(26)18-22(4)33-30(35)32-5/h12-15,19-22,31H,8-11,16-18H2,1-7H3,(H2,32,33,35). The highest BCUT2D eigenvalue weighted by Crippen LogP contribution is 2.32. The number of anilines is 1. The summed E-state index contributed by atoms with van der Waals surface area (Å²) in [6.45, 7) is 10.8. The molecule has 0 spiro atoms. The van der Waals surface area contributed by atoms with Gasteiger partial charge in [-0.15, -0.1) is 0 Å². The Balaban J connectivity index is 2.31. The van der Waals surface area contributed by atoms with Crippen molar-refractivity contribution in [3.63, 3.8) is 0 Å². The molecule has 0 aliphatic carbocycles. The molecule has 2 aromatic rings. The molecule has 2 unspecified atom stereocenters. The molecule has 2 aromatic carbocycles. The number of rotatable bonds is 15. The fourth-order valence-electron chi connectivity index (χ4n) is 4.47. The Kier molecular flexibility index (Phi) is 12.3. The minimum Gasteiger partial charge on any atom is -0.493 e. The number of amides is 2. The lowest BCUT2D eigenvalue weighted by Gasteiger charge is -2.25. The molecule has 2 atom stereocenters. The minimum atomic E-state index is -0.235. The van der Waals surface area contributed by atoms with Crippen LogP contribution in [0.25, 0.3) is 0 Å². The van der Waals surface area contributed by atoms with Gasteiger partial charge in [0.25, 0.3) is 0 Å². The van der Waals surface area contributed by atoms with Crippen molar-refractivity contribution in [3.05, 3.63) is 53.1 Å². The van der Waals surface area contributed by atoms with Crippen LogP contribution in [0.3, 0.4) is 0 Å². The van der Waals surface area contributed by atoms with Gasteiger partial charge in [-0.2, -0.15) is 0 Å². The summed E-state index contributed by atoms with van der Waals surface area (Å²) in [6, 6.07) is 11.7. The molecule has 0 heterocycles. The SMILES string of the molecule is CCCN(CCCC(C)CC)c1ccc(C(=N)c2cc(OC)c(OC)cc2CC(C)NC(=O)NC)cc1. The van der Waals surface area contributed by atoms with Gasteiger partial charge in [0, 0.05) is 43.0 Å². The number of nitrogens with one attached hydrogen (secondary N) is 3. The average Bonchev–Trinajstić information content (AvgIpc) is 2.91. The Hall–Kier alpha value is -3.22. The molecule has 2 rings (SSSR count). The van der Waals surface area contributed by atoms with Crippen molar-refractivity contribution in [2.75, 3.05) is 39.3 Å². The highest BCUT2D eigenvalue weighted by Gasteiger charge is 2.19. The second-order valence-corrected chi connectivity index (χ2v) is 9.76. The van der Waals surface area contributed by atoms with E-state index in [0.29, 0.717) is 23.6 Å². The number of ether oxygens (including phenoxy) is 2. The van der Waals surface area contributed by atoms with Gasteiger partial charge in [0.1, 0.15) is 0 Å². The second-order valence-electron chi connectivity index (χ2n) is 9.76. The third kappa shape index (κ3) is 8.69. The number of nitrogens with zero attached hydrogens (tertiary/aromatic N) is 1. The van der Waals surface area contributed by atoms with E-state index in [2.05, 4.69) is 48.4 Å². The zero-order valence-electron chi connectivity index (χ0n) is 23.7. The zero-order chi connectivity index (χ0) is 27.4. The Morgan fingerprint density at radius 1 is 1.03 bits per heavy atom. The van der Waals surface area contributed by atoms with Crippen molar-refractivity contribution in [2.24, 2.45) is 5.92 Å². The van der Waals surface area contributed by atoms with Crippen LogP contribution in [-0.4, -0.2) is 52.1 Å². The molecule has 7 heteroatoms. The van der Waals surface area contributed by atoms with Crippen LogP contribution in [-0.2, 0) is 6.42 Å². The van der Waals surface area contributed by atoms with Crippen LogP contribution >= 0.6 is 0 Å². The quantitative estimate of drug-likeness (QED) is 0.256. The van der Waals surface area contributed by atoms with E-state index in [1.165, 1.54) is 24.9 Å². The number of hydrogen-bond donors (Lipinski definition) is 3. The Morgan fingerprint density at radius 3 is 2.24 bits per heavy atom. The summed E-state index contributed by atoms with van der Waals surface area (Å²) in [5, 5.41) is 14.6. The van der Waals surface area contributed by atoms with Crippen LogP contribution in [0.15, 0.2) is 36.4 Å². The molecule has 0 aromatic heterocycles.